The second kappa shape index (κ2) is 3.58. The highest BCUT2D eigenvalue weighted by molar-refractivity contribution is 4.73. The molecule has 0 rings (SSSR count). The van der Waals surface area contributed by atoms with Crippen molar-refractivity contribution in [3.63, 3.8) is 0 Å². The highest BCUT2D eigenvalue weighted by atomic mass is 15.3. The average Bonchev–Trinajstić information content (AvgIpc) is 1.89. The normalized spacial score (nSPS) is 14.3. The number of rotatable bonds is 3. The number of hydrogen-bond donors (Lipinski definition) is 0. The van der Waals surface area contributed by atoms with Gasteiger partial charge in [0.1, 0.15) is 0 Å². The second-order valence-corrected chi connectivity index (χ2v) is 3.31. The van der Waals surface area contributed by atoms with Crippen LogP contribution in [0.2, 0.25) is 0 Å². The molecule has 0 aliphatic carbocycles. The summed E-state index contributed by atoms with van der Waals surface area (Å²) in [5.74, 6) is 0. The molecule has 0 aliphatic heterocycles. The first-order valence-electron chi connectivity index (χ1n) is 3.74. The zero-order valence-electron chi connectivity index (χ0n) is 7.39. The predicted octanol–water partition coefficient (Wildman–Crippen LogP) is 1.38. The minimum absolute atomic E-state index is 0.454. The van der Waals surface area contributed by atoms with Gasteiger partial charge in [-0.15, -0.1) is 0 Å². The van der Waals surface area contributed by atoms with Crippen LogP contribution in [-0.4, -0.2) is 31.2 Å². The molecule has 10 heavy (non-hydrogen) atoms. The molecule has 0 aromatic rings. The van der Waals surface area contributed by atoms with Crippen LogP contribution in [0.3, 0.4) is 0 Å². The Morgan fingerprint density at radius 2 is 2.00 bits per heavy atom. The number of quaternary nitrogens is 1. The van der Waals surface area contributed by atoms with E-state index in [1.807, 2.05) is 0 Å². The van der Waals surface area contributed by atoms with Gasteiger partial charge < -0.3 is 4.48 Å². The van der Waals surface area contributed by atoms with Gasteiger partial charge in [-0.3, -0.25) is 0 Å². The van der Waals surface area contributed by atoms with E-state index in [9.17, 15) is 0 Å². The van der Waals surface area contributed by atoms with Crippen LogP contribution >= 0.6 is 0 Å². The van der Waals surface area contributed by atoms with Crippen molar-refractivity contribution in [2.24, 2.45) is 0 Å². The van der Waals surface area contributed by atoms with Crippen molar-refractivity contribution < 1.29 is 4.48 Å². The molecule has 0 fully saturated rings. The van der Waals surface area contributed by atoms with Crippen LogP contribution in [0, 0.1) is 11.3 Å². The van der Waals surface area contributed by atoms with Gasteiger partial charge in [0.25, 0.3) is 0 Å². The van der Waals surface area contributed by atoms with Crippen molar-refractivity contribution in [2.75, 3.05) is 20.6 Å². The zero-order valence-corrected chi connectivity index (χ0v) is 7.39. The molecule has 0 N–H and O–H groups in total. The van der Waals surface area contributed by atoms with E-state index in [1.54, 1.807) is 0 Å². The van der Waals surface area contributed by atoms with Crippen molar-refractivity contribution in [3.8, 4) is 6.07 Å². The van der Waals surface area contributed by atoms with E-state index in [4.69, 9.17) is 5.26 Å². The third-order valence-corrected chi connectivity index (χ3v) is 2.39. The monoisotopic (exact) mass is 141 g/mol. The Hall–Kier alpha value is -0.550. The van der Waals surface area contributed by atoms with E-state index < -0.39 is 0 Å². The molecule has 2 heteroatoms. The second-order valence-electron chi connectivity index (χ2n) is 3.31. The van der Waals surface area contributed by atoms with Gasteiger partial charge in [0.15, 0.2) is 0 Å². The van der Waals surface area contributed by atoms with E-state index >= 15 is 0 Å². The molecule has 0 saturated heterocycles. The Balaban J connectivity index is 3.93. The minimum Gasteiger partial charge on any atom is -0.326 e. The zero-order chi connectivity index (χ0) is 8.20. The fourth-order valence-electron chi connectivity index (χ4n) is 0.691. The quantitative estimate of drug-likeness (QED) is 0.545. The van der Waals surface area contributed by atoms with E-state index in [0.717, 1.165) is 11.0 Å². The number of nitrogens with zero attached hydrogens (tertiary/aromatic N) is 2. The number of hydrogen-bond acceptors (Lipinski definition) is 1. The van der Waals surface area contributed by atoms with Gasteiger partial charge in [-0.1, -0.05) is 0 Å². The highest BCUT2D eigenvalue weighted by Crippen LogP contribution is 2.07. The van der Waals surface area contributed by atoms with Gasteiger partial charge in [-0.05, 0) is 13.8 Å². The van der Waals surface area contributed by atoms with Gasteiger partial charge in [-0.2, -0.15) is 5.26 Å². The van der Waals surface area contributed by atoms with Gasteiger partial charge in [0.2, 0.25) is 0 Å². The summed E-state index contributed by atoms with van der Waals surface area (Å²) in [6, 6.07) is 2.65. The van der Waals surface area contributed by atoms with Crippen molar-refractivity contribution in [1.82, 2.24) is 0 Å². The van der Waals surface area contributed by atoms with E-state index in [-0.39, 0.29) is 0 Å². The van der Waals surface area contributed by atoms with Gasteiger partial charge in [-0.25, -0.2) is 0 Å². The topological polar surface area (TPSA) is 23.8 Å². The largest absolute Gasteiger partial charge is 0.326 e. The summed E-state index contributed by atoms with van der Waals surface area (Å²) in [5.41, 5.74) is 0. The summed E-state index contributed by atoms with van der Waals surface area (Å²) >= 11 is 0. The molecule has 0 aliphatic rings. The Bertz CT molecular complexity index is 133. The van der Waals surface area contributed by atoms with Crippen molar-refractivity contribution in [1.29, 1.82) is 5.26 Å². The molecule has 0 unspecified atom stereocenters. The third-order valence-electron chi connectivity index (χ3n) is 2.39. The lowest BCUT2D eigenvalue weighted by Crippen LogP contribution is -2.46. The molecule has 0 saturated carbocycles. The minimum atomic E-state index is 0.454. The van der Waals surface area contributed by atoms with Crippen LogP contribution in [0.25, 0.3) is 0 Å². The van der Waals surface area contributed by atoms with Gasteiger partial charge in [0.05, 0.1) is 39.2 Å². The van der Waals surface area contributed by atoms with Crippen molar-refractivity contribution >= 4 is 0 Å². The fraction of sp³-hybridized carbons (Fsp3) is 0.875. The standard InChI is InChI=1S/C8H17N2/c1-5-10(3,4)8(2)6-7-9/h8H,5-6H2,1-4H3/q+1/t8-/m1/s1. The lowest BCUT2D eigenvalue weighted by atomic mass is 10.2. The molecule has 2 nitrogen and oxygen atoms in total. The first-order chi connectivity index (χ1) is 4.54. The maximum atomic E-state index is 8.44. The summed E-state index contributed by atoms with van der Waals surface area (Å²) in [6.45, 7) is 5.35. The smallest absolute Gasteiger partial charge is 0.0989 e. The molecule has 0 amide bonds. The first-order valence-corrected chi connectivity index (χ1v) is 3.74. The molecule has 0 aromatic carbocycles. The fourth-order valence-corrected chi connectivity index (χ4v) is 0.691. The lowest BCUT2D eigenvalue weighted by molar-refractivity contribution is -0.910. The molecule has 58 valence electrons. The predicted molar refractivity (Wildman–Crippen MR) is 42.3 cm³/mol. The molecule has 0 aromatic heterocycles. The van der Waals surface area contributed by atoms with Gasteiger partial charge in [0, 0.05) is 0 Å². The SMILES string of the molecule is CC[N+](C)(C)[C@H](C)CC#N. The first kappa shape index (κ1) is 9.45. The number of nitriles is 1. The molecule has 0 radical (unpaired) electrons. The van der Waals surface area contributed by atoms with Gasteiger partial charge >= 0.3 is 0 Å². The summed E-state index contributed by atoms with van der Waals surface area (Å²) < 4.78 is 0.938. The van der Waals surface area contributed by atoms with Crippen LogP contribution in [0.15, 0.2) is 0 Å². The molecule has 0 heterocycles. The molecule has 1 atom stereocenters. The summed E-state index contributed by atoms with van der Waals surface area (Å²) in [6.07, 6.45) is 0.654. The summed E-state index contributed by atoms with van der Waals surface area (Å²) in [7, 11) is 4.31. The average molecular weight is 141 g/mol. The maximum Gasteiger partial charge on any atom is 0.0989 e. The van der Waals surface area contributed by atoms with Crippen molar-refractivity contribution in [3.05, 3.63) is 0 Å². The Morgan fingerprint density at radius 1 is 1.50 bits per heavy atom. The Morgan fingerprint density at radius 3 is 2.30 bits per heavy atom. The third kappa shape index (κ3) is 2.36. The molecular weight excluding hydrogens is 124 g/mol. The molecule has 0 bridgehead atoms. The van der Waals surface area contributed by atoms with Crippen LogP contribution in [0.1, 0.15) is 20.3 Å². The van der Waals surface area contributed by atoms with Crippen molar-refractivity contribution in [2.45, 2.75) is 26.3 Å². The molecular formula is C8H17N2+. The van der Waals surface area contributed by atoms with E-state index in [2.05, 4.69) is 34.0 Å². The maximum absolute atomic E-state index is 8.44. The van der Waals surface area contributed by atoms with E-state index in [1.165, 1.54) is 0 Å². The van der Waals surface area contributed by atoms with Crippen LogP contribution in [0.5, 0.6) is 0 Å². The highest BCUT2D eigenvalue weighted by Gasteiger charge is 2.20. The van der Waals surface area contributed by atoms with Crippen LogP contribution < -0.4 is 0 Å². The lowest BCUT2D eigenvalue weighted by Gasteiger charge is -2.33. The summed E-state index contributed by atoms with van der Waals surface area (Å²) in [4.78, 5) is 0. The Labute approximate surface area is 63.7 Å². The van der Waals surface area contributed by atoms with Crippen LogP contribution in [0.4, 0.5) is 0 Å². The summed E-state index contributed by atoms with van der Waals surface area (Å²) in [5, 5.41) is 8.44. The molecule has 0 spiro atoms. The van der Waals surface area contributed by atoms with E-state index in [0.29, 0.717) is 12.5 Å². The van der Waals surface area contributed by atoms with Crippen LogP contribution in [-0.2, 0) is 0 Å². The Kier molecular flexibility index (Phi) is 3.38.